The summed E-state index contributed by atoms with van der Waals surface area (Å²) in [6.45, 7) is 9.38. The molecule has 42 heavy (non-hydrogen) atoms. The van der Waals surface area contributed by atoms with Gasteiger partial charge in [-0.1, -0.05) is 39.0 Å². The van der Waals surface area contributed by atoms with E-state index in [1.54, 1.807) is 49.7 Å². The summed E-state index contributed by atoms with van der Waals surface area (Å²) in [5, 5.41) is 2.00. The van der Waals surface area contributed by atoms with Crippen LogP contribution in [0.15, 0.2) is 58.8 Å². The number of hydrogen-bond donors (Lipinski definition) is 0. The zero-order valence-electron chi connectivity index (χ0n) is 25.8. The minimum absolute atomic E-state index is 0.106. The number of rotatable bonds is 15. The van der Waals surface area contributed by atoms with E-state index >= 15 is 0 Å². The Bertz CT molecular complexity index is 1410. The number of nitrogens with zero attached hydrogens (tertiary/aromatic N) is 2. The maximum absolute atomic E-state index is 13.9. The van der Waals surface area contributed by atoms with Crippen molar-refractivity contribution >= 4 is 27.3 Å². The van der Waals surface area contributed by atoms with Crippen molar-refractivity contribution in [1.29, 1.82) is 0 Å². The van der Waals surface area contributed by atoms with Crippen LogP contribution in [0.5, 0.6) is 11.5 Å². The summed E-state index contributed by atoms with van der Waals surface area (Å²) >= 11 is 1.59. The molecule has 0 radical (unpaired) electrons. The molecule has 1 amide bonds. The van der Waals surface area contributed by atoms with Crippen LogP contribution in [0.2, 0.25) is 0 Å². The normalized spacial score (nSPS) is 12.0. The van der Waals surface area contributed by atoms with E-state index in [0.717, 1.165) is 21.6 Å². The van der Waals surface area contributed by atoms with Crippen LogP contribution in [-0.4, -0.2) is 71.1 Å². The van der Waals surface area contributed by atoms with Gasteiger partial charge in [0, 0.05) is 31.7 Å². The Morgan fingerprint density at radius 3 is 2.19 bits per heavy atom. The summed E-state index contributed by atoms with van der Waals surface area (Å²) in [6.07, 6.45) is 1.04. The van der Waals surface area contributed by atoms with Gasteiger partial charge in [0.2, 0.25) is 15.9 Å². The SMILES string of the molecule is COCCCN(CC(=O)N(CCc1ccc(OC)c(OC)c1)Cc1sccc1C)S(=O)(=O)c1ccc(C(C)(C)C)cc1. The lowest BCUT2D eigenvalue weighted by atomic mass is 9.87. The molecule has 0 aliphatic rings. The van der Waals surface area contributed by atoms with Crippen molar-refractivity contribution in [2.45, 2.75) is 57.4 Å². The van der Waals surface area contributed by atoms with Gasteiger partial charge < -0.3 is 19.1 Å². The summed E-state index contributed by atoms with van der Waals surface area (Å²) in [4.78, 5) is 16.9. The van der Waals surface area contributed by atoms with Crippen LogP contribution in [0.4, 0.5) is 0 Å². The molecule has 0 spiro atoms. The Morgan fingerprint density at radius 1 is 0.929 bits per heavy atom. The van der Waals surface area contributed by atoms with Crippen molar-refractivity contribution in [2.75, 3.05) is 47.6 Å². The minimum atomic E-state index is -3.92. The van der Waals surface area contributed by atoms with E-state index < -0.39 is 10.0 Å². The Morgan fingerprint density at radius 2 is 1.62 bits per heavy atom. The van der Waals surface area contributed by atoms with Crippen LogP contribution >= 0.6 is 11.3 Å². The van der Waals surface area contributed by atoms with E-state index in [0.29, 0.717) is 44.0 Å². The summed E-state index contributed by atoms with van der Waals surface area (Å²) in [7, 11) is 0.833. The smallest absolute Gasteiger partial charge is 0.243 e. The molecule has 0 fully saturated rings. The van der Waals surface area contributed by atoms with Crippen LogP contribution in [0, 0.1) is 6.92 Å². The number of carbonyl (C=O) groups is 1. The van der Waals surface area contributed by atoms with Gasteiger partial charge >= 0.3 is 0 Å². The van der Waals surface area contributed by atoms with Crippen molar-refractivity contribution in [3.05, 3.63) is 75.5 Å². The summed E-state index contributed by atoms with van der Waals surface area (Å²) in [6, 6.07) is 14.7. The van der Waals surface area contributed by atoms with Crippen LogP contribution < -0.4 is 9.47 Å². The Labute approximate surface area is 255 Å². The molecule has 0 unspecified atom stereocenters. The largest absolute Gasteiger partial charge is 0.493 e. The van der Waals surface area contributed by atoms with Gasteiger partial charge in [0.15, 0.2) is 11.5 Å². The highest BCUT2D eigenvalue weighted by atomic mass is 32.2. The standard InChI is InChI=1S/C32H44N2O6S2/c1-24-16-20-41-30(24)22-33(18-15-25-9-14-28(39-6)29(21-25)40-7)31(35)23-34(17-8-19-38-5)42(36,37)27-12-10-26(11-13-27)32(2,3)4/h9-14,16,20-21H,8,15,17-19,22-23H2,1-7H3. The lowest BCUT2D eigenvalue weighted by molar-refractivity contribution is -0.132. The molecule has 10 heteroatoms. The number of thiophene rings is 1. The van der Waals surface area contributed by atoms with E-state index in [-0.39, 0.29) is 29.3 Å². The van der Waals surface area contributed by atoms with E-state index in [1.165, 1.54) is 4.31 Å². The van der Waals surface area contributed by atoms with E-state index in [1.807, 2.05) is 48.7 Å². The fourth-order valence-corrected chi connectivity index (χ4v) is 6.88. The van der Waals surface area contributed by atoms with Gasteiger partial charge in [-0.2, -0.15) is 4.31 Å². The number of ether oxygens (including phenoxy) is 3. The molecule has 0 saturated heterocycles. The van der Waals surface area contributed by atoms with Gasteiger partial charge in [-0.05, 0) is 77.6 Å². The molecule has 0 N–H and O–H groups in total. The number of aryl methyl sites for hydroxylation is 1. The van der Waals surface area contributed by atoms with Gasteiger partial charge in [-0.3, -0.25) is 4.79 Å². The second kappa shape index (κ2) is 15.0. The maximum atomic E-state index is 13.9. The zero-order chi connectivity index (χ0) is 30.9. The quantitative estimate of drug-likeness (QED) is 0.205. The first kappa shape index (κ1) is 33.6. The topological polar surface area (TPSA) is 85.4 Å². The second-order valence-corrected chi connectivity index (χ2v) is 14.2. The van der Waals surface area contributed by atoms with E-state index in [2.05, 4.69) is 20.8 Å². The van der Waals surface area contributed by atoms with Gasteiger partial charge in [0.1, 0.15) is 0 Å². The molecular weight excluding hydrogens is 572 g/mol. The number of methoxy groups -OCH3 is 3. The van der Waals surface area contributed by atoms with E-state index in [4.69, 9.17) is 14.2 Å². The van der Waals surface area contributed by atoms with Crippen LogP contribution in [0.3, 0.4) is 0 Å². The fraction of sp³-hybridized carbons (Fsp3) is 0.469. The van der Waals surface area contributed by atoms with Crippen molar-refractivity contribution in [2.24, 2.45) is 0 Å². The molecule has 1 heterocycles. The molecule has 2 aromatic carbocycles. The average Bonchev–Trinajstić information content (AvgIpc) is 3.37. The highest BCUT2D eigenvalue weighted by molar-refractivity contribution is 7.89. The Kier molecular flexibility index (Phi) is 12.0. The first-order chi connectivity index (χ1) is 19.9. The fourth-order valence-electron chi connectivity index (χ4n) is 4.53. The van der Waals surface area contributed by atoms with Gasteiger partial charge in [0.05, 0.1) is 32.2 Å². The summed E-state index contributed by atoms with van der Waals surface area (Å²) in [5.41, 5.74) is 3.02. The van der Waals surface area contributed by atoms with Gasteiger partial charge in [-0.25, -0.2) is 8.42 Å². The van der Waals surface area contributed by atoms with Crippen LogP contribution in [-0.2, 0) is 37.9 Å². The first-order valence-electron chi connectivity index (χ1n) is 14.0. The first-order valence-corrected chi connectivity index (χ1v) is 16.3. The van der Waals surface area contributed by atoms with Crippen molar-refractivity contribution in [3.8, 4) is 11.5 Å². The molecule has 1 aromatic heterocycles. The number of hydrogen-bond acceptors (Lipinski definition) is 7. The highest BCUT2D eigenvalue weighted by Gasteiger charge is 2.29. The lowest BCUT2D eigenvalue weighted by Crippen LogP contribution is -2.43. The lowest BCUT2D eigenvalue weighted by Gasteiger charge is -2.28. The molecule has 3 rings (SSSR count). The van der Waals surface area contributed by atoms with Crippen LogP contribution in [0.1, 0.15) is 48.8 Å². The van der Waals surface area contributed by atoms with E-state index in [9.17, 15) is 13.2 Å². The summed E-state index contributed by atoms with van der Waals surface area (Å²) < 4.78 is 44.9. The molecule has 0 bridgehead atoms. The summed E-state index contributed by atoms with van der Waals surface area (Å²) in [5.74, 6) is 1.00. The maximum Gasteiger partial charge on any atom is 0.243 e. The zero-order valence-corrected chi connectivity index (χ0v) is 27.4. The number of carbonyl (C=O) groups excluding carboxylic acids is 1. The predicted molar refractivity (Wildman–Crippen MR) is 168 cm³/mol. The molecule has 0 atom stereocenters. The number of benzene rings is 2. The minimum Gasteiger partial charge on any atom is -0.493 e. The third kappa shape index (κ3) is 8.80. The van der Waals surface area contributed by atoms with Crippen molar-refractivity contribution in [1.82, 2.24) is 9.21 Å². The average molecular weight is 617 g/mol. The number of amides is 1. The van der Waals surface area contributed by atoms with Crippen molar-refractivity contribution < 1.29 is 27.4 Å². The van der Waals surface area contributed by atoms with Crippen LogP contribution in [0.25, 0.3) is 0 Å². The molecular formula is C32H44N2O6S2. The highest BCUT2D eigenvalue weighted by Crippen LogP contribution is 2.28. The molecule has 0 aliphatic heterocycles. The second-order valence-electron chi connectivity index (χ2n) is 11.2. The Hall–Kier alpha value is -2.92. The predicted octanol–water partition coefficient (Wildman–Crippen LogP) is 5.67. The molecule has 230 valence electrons. The Balaban J connectivity index is 1.87. The third-order valence-corrected chi connectivity index (χ3v) is 10.1. The van der Waals surface area contributed by atoms with Crippen molar-refractivity contribution in [3.63, 3.8) is 0 Å². The molecule has 0 aliphatic carbocycles. The van der Waals surface area contributed by atoms with Gasteiger partial charge in [-0.15, -0.1) is 11.3 Å². The number of sulfonamides is 1. The molecule has 8 nitrogen and oxygen atoms in total. The monoisotopic (exact) mass is 616 g/mol. The molecule has 0 saturated carbocycles. The van der Waals surface area contributed by atoms with Gasteiger partial charge in [0.25, 0.3) is 0 Å². The molecule has 3 aromatic rings. The third-order valence-electron chi connectivity index (χ3n) is 7.20.